The number of nitrogens with one attached hydrogen (secondary N) is 1. The minimum Gasteiger partial charge on any atom is -0.453 e. The van der Waals surface area contributed by atoms with Crippen LogP contribution in [0.1, 0.15) is 38.5 Å². The van der Waals surface area contributed by atoms with Crippen LogP contribution in [-0.4, -0.2) is 6.54 Å². The lowest BCUT2D eigenvalue weighted by atomic mass is 10.1. The van der Waals surface area contributed by atoms with Crippen molar-refractivity contribution in [2.75, 3.05) is 6.54 Å². The molecule has 1 aromatic heterocycles. The van der Waals surface area contributed by atoms with Crippen LogP contribution in [0.25, 0.3) is 0 Å². The van der Waals surface area contributed by atoms with Gasteiger partial charge in [-0.05, 0) is 48.0 Å². The lowest BCUT2D eigenvalue weighted by Gasteiger charge is -2.12. The van der Waals surface area contributed by atoms with Gasteiger partial charge in [-0.1, -0.05) is 6.92 Å². The summed E-state index contributed by atoms with van der Waals surface area (Å²) in [6, 6.07) is 4.09. The first-order valence-electron chi connectivity index (χ1n) is 5.16. The van der Waals surface area contributed by atoms with E-state index in [1.165, 1.54) is 0 Å². The highest BCUT2D eigenvalue weighted by molar-refractivity contribution is 9.10. The molecule has 1 aromatic rings. The van der Waals surface area contributed by atoms with Crippen LogP contribution < -0.4 is 5.32 Å². The minimum atomic E-state index is 0.198. The Morgan fingerprint density at radius 1 is 1.53 bits per heavy atom. The Labute approximate surface area is 99.6 Å². The number of hydrogen-bond donors (Lipinski definition) is 1. The fourth-order valence-electron chi connectivity index (χ4n) is 1.31. The van der Waals surface area contributed by atoms with Gasteiger partial charge >= 0.3 is 0 Å². The second kappa shape index (κ2) is 6.71. The molecule has 0 saturated carbocycles. The molecule has 1 atom stereocenters. The summed E-state index contributed by atoms with van der Waals surface area (Å²) in [5, 5.41) is 3.42. The average molecular weight is 270 g/mol. The Hall–Kier alpha value is -0.720. The summed E-state index contributed by atoms with van der Waals surface area (Å²) in [5.41, 5.74) is 0. The van der Waals surface area contributed by atoms with E-state index in [4.69, 9.17) is 4.42 Å². The summed E-state index contributed by atoms with van der Waals surface area (Å²) in [6.45, 7) is 4.98. The molecule has 0 radical (unpaired) electrons. The molecular weight excluding hydrogens is 254 g/mol. The quantitative estimate of drug-likeness (QED) is 0.828. The molecular formula is C12H16BrNO. The summed E-state index contributed by atoms with van der Waals surface area (Å²) < 4.78 is 6.29. The first kappa shape index (κ1) is 12.4. The summed E-state index contributed by atoms with van der Waals surface area (Å²) >= 11 is 3.31. The highest BCUT2D eigenvalue weighted by Gasteiger charge is 2.12. The van der Waals surface area contributed by atoms with E-state index in [0.717, 1.165) is 29.8 Å². The van der Waals surface area contributed by atoms with Gasteiger partial charge in [0.1, 0.15) is 5.76 Å². The molecule has 0 saturated heterocycles. The Morgan fingerprint density at radius 2 is 2.33 bits per heavy atom. The van der Waals surface area contributed by atoms with Gasteiger partial charge in [0.15, 0.2) is 4.67 Å². The van der Waals surface area contributed by atoms with Crippen LogP contribution in [0.4, 0.5) is 0 Å². The third kappa shape index (κ3) is 4.11. The van der Waals surface area contributed by atoms with E-state index in [9.17, 15) is 0 Å². The van der Waals surface area contributed by atoms with E-state index >= 15 is 0 Å². The predicted octanol–water partition coefficient (Wildman–Crippen LogP) is 3.50. The van der Waals surface area contributed by atoms with Gasteiger partial charge < -0.3 is 9.73 Å². The van der Waals surface area contributed by atoms with Gasteiger partial charge in [-0.2, -0.15) is 0 Å². The zero-order chi connectivity index (χ0) is 11.1. The van der Waals surface area contributed by atoms with Gasteiger partial charge in [0.2, 0.25) is 0 Å². The third-order valence-corrected chi connectivity index (χ3v) is 2.49. The molecule has 0 aliphatic rings. The summed E-state index contributed by atoms with van der Waals surface area (Å²) in [7, 11) is 0. The molecule has 82 valence electrons. The number of halogens is 1. The van der Waals surface area contributed by atoms with Gasteiger partial charge in [-0.15, -0.1) is 11.8 Å². The van der Waals surface area contributed by atoms with Gasteiger partial charge in [0.25, 0.3) is 0 Å². The first-order chi connectivity index (χ1) is 7.27. The fourth-order valence-corrected chi connectivity index (χ4v) is 1.63. The minimum absolute atomic E-state index is 0.198. The second-order valence-corrected chi connectivity index (χ2v) is 4.06. The van der Waals surface area contributed by atoms with Crippen molar-refractivity contribution in [2.24, 2.45) is 0 Å². The molecule has 3 heteroatoms. The van der Waals surface area contributed by atoms with Crippen molar-refractivity contribution in [3.63, 3.8) is 0 Å². The molecule has 1 heterocycles. The number of furan rings is 1. The first-order valence-corrected chi connectivity index (χ1v) is 5.95. The van der Waals surface area contributed by atoms with Crippen molar-refractivity contribution in [1.82, 2.24) is 5.32 Å². The third-order valence-electron chi connectivity index (χ3n) is 2.06. The highest BCUT2D eigenvalue weighted by Crippen LogP contribution is 2.22. The smallest absolute Gasteiger partial charge is 0.169 e. The second-order valence-electron chi connectivity index (χ2n) is 3.28. The Morgan fingerprint density at radius 3 is 2.87 bits per heavy atom. The zero-order valence-corrected chi connectivity index (χ0v) is 10.7. The van der Waals surface area contributed by atoms with Gasteiger partial charge in [0, 0.05) is 6.42 Å². The SMILES string of the molecule is CC#CCC(NCCC)c1ccc(Br)o1. The predicted molar refractivity (Wildman–Crippen MR) is 65.5 cm³/mol. The normalized spacial score (nSPS) is 11.9. The summed E-state index contributed by atoms with van der Waals surface area (Å²) in [5.74, 6) is 6.93. The number of hydrogen-bond acceptors (Lipinski definition) is 2. The molecule has 2 nitrogen and oxygen atoms in total. The molecule has 0 aliphatic heterocycles. The monoisotopic (exact) mass is 269 g/mol. The zero-order valence-electron chi connectivity index (χ0n) is 9.14. The van der Waals surface area contributed by atoms with E-state index in [1.807, 2.05) is 19.1 Å². The molecule has 0 spiro atoms. The average Bonchev–Trinajstić information content (AvgIpc) is 2.65. The molecule has 1 N–H and O–H groups in total. The largest absolute Gasteiger partial charge is 0.453 e. The van der Waals surface area contributed by atoms with Crippen molar-refractivity contribution in [3.8, 4) is 11.8 Å². The summed E-state index contributed by atoms with van der Waals surface area (Å²) in [4.78, 5) is 0. The topological polar surface area (TPSA) is 25.2 Å². The Balaban J connectivity index is 2.65. The van der Waals surface area contributed by atoms with Crippen molar-refractivity contribution < 1.29 is 4.42 Å². The molecule has 0 amide bonds. The van der Waals surface area contributed by atoms with Gasteiger partial charge in [-0.25, -0.2) is 0 Å². The lowest BCUT2D eigenvalue weighted by molar-refractivity contribution is 0.406. The lowest BCUT2D eigenvalue weighted by Crippen LogP contribution is -2.21. The maximum Gasteiger partial charge on any atom is 0.169 e. The molecule has 15 heavy (non-hydrogen) atoms. The van der Waals surface area contributed by atoms with Crippen LogP contribution in [-0.2, 0) is 0 Å². The molecule has 0 fully saturated rings. The van der Waals surface area contributed by atoms with Crippen molar-refractivity contribution in [1.29, 1.82) is 0 Å². The van der Waals surface area contributed by atoms with Gasteiger partial charge in [0.05, 0.1) is 6.04 Å². The summed E-state index contributed by atoms with van der Waals surface area (Å²) in [6.07, 6.45) is 1.90. The fraction of sp³-hybridized carbons (Fsp3) is 0.500. The van der Waals surface area contributed by atoms with E-state index in [1.54, 1.807) is 0 Å². The van der Waals surface area contributed by atoms with Crippen LogP contribution in [0, 0.1) is 11.8 Å². The van der Waals surface area contributed by atoms with Crippen LogP contribution in [0.5, 0.6) is 0 Å². The maximum atomic E-state index is 5.53. The van der Waals surface area contributed by atoms with E-state index in [-0.39, 0.29) is 6.04 Å². The standard InChI is InChI=1S/C12H16BrNO/c1-3-5-6-10(14-9-4-2)11-7-8-12(13)15-11/h7-8,10,14H,4,6,9H2,1-2H3. The van der Waals surface area contributed by atoms with Crippen molar-refractivity contribution >= 4 is 15.9 Å². The van der Waals surface area contributed by atoms with Crippen LogP contribution >= 0.6 is 15.9 Å². The van der Waals surface area contributed by atoms with E-state index in [0.29, 0.717) is 0 Å². The van der Waals surface area contributed by atoms with E-state index in [2.05, 4.69) is 40.0 Å². The molecule has 1 unspecified atom stereocenters. The molecule has 1 rings (SSSR count). The number of rotatable bonds is 5. The maximum absolute atomic E-state index is 5.53. The Kier molecular flexibility index (Phi) is 5.52. The molecule has 0 bridgehead atoms. The van der Waals surface area contributed by atoms with Gasteiger partial charge in [-0.3, -0.25) is 0 Å². The van der Waals surface area contributed by atoms with Crippen molar-refractivity contribution in [2.45, 2.75) is 32.7 Å². The molecule has 0 aromatic carbocycles. The highest BCUT2D eigenvalue weighted by atomic mass is 79.9. The van der Waals surface area contributed by atoms with Crippen LogP contribution in [0.2, 0.25) is 0 Å². The Bertz CT molecular complexity index is 348. The van der Waals surface area contributed by atoms with Crippen LogP contribution in [0.3, 0.4) is 0 Å². The molecule has 0 aliphatic carbocycles. The van der Waals surface area contributed by atoms with Crippen LogP contribution in [0.15, 0.2) is 21.2 Å². The van der Waals surface area contributed by atoms with E-state index < -0.39 is 0 Å². The van der Waals surface area contributed by atoms with Crippen molar-refractivity contribution in [3.05, 3.63) is 22.6 Å².